The number of pyridine rings is 1. The Morgan fingerprint density at radius 2 is 2.17 bits per heavy atom. The fraction of sp³-hybridized carbons (Fsp3) is 0.667. The van der Waals surface area contributed by atoms with E-state index in [0.717, 1.165) is 38.8 Å². The van der Waals surface area contributed by atoms with Gasteiger partial charge in [0.2, 0.25) is 11.8 Å². The standard InChI is InChI=1S/C18H24N2O3/c21-17(11-14-4-5-14)20-9-6-18(7-10-20)12-15(13-22-18)23-16-3-1-2-8-19-16/h1-3,8,14-15H,4-7,9-13H2. The van der Waals surface area contributed by atoms with Gasteiger partial charge in [0.1, 0.15) is 6.10 Å². The molecule has 1 saturated carbocycles. The van der Waals surface area contributed by atoms with E-state index in [4.69, 9.17) is 9.47 Å². The van der Waals surface area contributed by atoms with Crippen LogP contribution in [-0.2, 0) is 9.53 Å². The summed E-state index contributed by atoms with van der Waals surface area (Å²) < 4.78 is 12.0. The third kappa shape index (κ3) is 3.50. The van der Waals surface area contributed by atoms with Crippen molar-refractivity contribution in [2.45, 2.75) is 50.2 Å². The van der Waals surface area contributed by atoms with Crippen LogP contribution in [0.2, 0.25) is 0 Å². The molecule has 5 nitrogen and oxygen atoms in total. The lowest BCUT2D eigenvalue weighted by molar-refractivity contribution is -0.136. The zero-order valence-corrected chi connectivity index (χ0v) is 13.4. The maximum atomic E-state index is 12.2. The van der Waals surface area contributed by atoms with Crippen LogP contribution in [0.3, 0.4) is 0 Å². The van der Waals surface area contributed by atoms with Gasteiger partial charge in [-0.05, 0) is 37.7 Å². The van der Waals surface area contributed by atoms with Crippen LogP contribution in [0.15, 0.2) is 24.4 Å². The molecule has 1 unspecified atom stereocenters. The predicted octanol–water partition coefficient (Wildman–Crippen LogP) is 2.41. The summed E-state index contributed by atoms with van der Waals surface area (Å²) >= 11 is 0. The SMILES string of the molecule is O=C(CC1CC1)N1CCC2(CC1)CC(Oc1ccccn1)CO2. The van der Waals surface area contributed by atoms with E-state index in [-0.39, 0.29) is 11.7 Å². The zero-order valence-electron chi connectivity index (χ0n) is 13.4. The van der Waals surface area contributed by atoms with Crippen LogP contribution in [0.4, 0.5) is 0 Å². The zero-order chi connectivity index (χ0) is 15.7. The van der Waals surface area contributed by atoms with E-state index in [2.05, 4.69) is 4.98 Å². The molecule has 124 valence electrons. The van der Waals surface area contributed by atoms with E-state index >= 15 is 0 Å². The van der Waals surface area contributed by atoms with Gasteiger partial charge < -0.3 is 14.4 Å². The molecule has 0 aromatic carbocycles. The minimum absolute atomic E-state index is 0.0682. The van der Waals surface area contributed by atoms with Gasteiger partial charge in [-0.25, -0.2) is 4.98 Å². The smallest absolute Gasteiger partial charge is 0.222 e. The molecule has 2 saturated heterocycles. The minimum atomic E-state index is -0.101. The molecule has 23 heavy (non-hydrogen) atoms. The number of ether oxygens (including phenoxy) is 2. The van der Waals surface area contributed by atoms with Gasteiger partial charge in [0.15, 0.2) is 0 Å². The van der Waals surface area contributed by atoms with Crippen molar-refractivity contribution >= 4 is 5.91 Å². The first-order valence-electron chi connectivity index (χ1n) is 8.72. The third-order valence-corrected chi connectivity index (χ3v) is 5.29. The second kappa shape index (κ2) is 6.11. The quantitative estimate of drug-likeness (QED) is 0.856. The second-order valence-corrected chi connectivity index (χ2v) is 7.13. The van der Waals surface area contributed by atoms with E-state index in [0.29, 0.717) is 24.3 Å². The summed E-state index contributed by atoms with van der Waals surface area (Å²) in [7, 11) is 0. The maximum absolute atomic E-state index is 12.2. The number of amides is 1. The summed E-state index contributed by atoms with van der Waals surface area (Å²) in [5.74, 6) is 1.66. The summed E-state index contributed by atoms with van der Waals surface area (Å²) in [4.78, 5) is 18.5. The minimum Gasteiger partial charge on any atom is -0.472 e. The number of rotatable bonds is 4. The molecule has 1 aliphatic carbocycles. The number of likely N-dealkylation sites (tertiary alicyclic amines) is 1. The van der Waals surface area contributed by atoms with Crippen molar-refractivity contribution in [3.05, 3.63) is 24.4 Å². The van der Waals surface area contributed by atoms with Gasteiger partial charge >= 0.3 is 0 Å². The Hall–Kier alpha value is -1.62. The van der Waals surface area contributed by atoms with Crippen LogP contribution < -0.4 is 4.74 Å². The molecule has 5 heteroatoms. The van der Waals surface area contributed by atoms with Gasteiger partial charge in [-0.3, -0.25) is 4.79 Å². The number of carbonyl (C=O) groups is 1. The molecule has 1 amide bonds. The molecule has 0 bridgehead atoms. The molecule has 3 fully saturated rings. The monoisotopic (exact) mass is 316 g/mol. The molecule has 3 aliphatic rings. The highest BCUT2D eigenvalue weighted by atomic mass is 16.6. The second-order valence-electron chi connectivity index (χ2n) is 7.13. The van der Waals surface area contributed by atoms with Crippen molar-refractivity contribution in [3.63, 3.8) is 0 Å². The average molecular weight is 316 g/mol. The van der Waals surface area contributed by atoms with Crippen molar-refractivity contribution in [1.29, 1.82) is 0 Å². The fourth-order valence-corrected chi connectivity index (χ4v) is 3.68. The lowest BCUT2D eigenvalue weighted by atomic mass is 9.88. The topological polar surface area (TPSA) is 51.7 Å². The van der Waals surface area contributed by atoms with E-state index in [1.165, 1.54) is 12.8 Å². The van der Waals surface area contributed by atoms with Gasteiger partial charge in [0, 0.05) is 38.2 Å². The Morgan fingerprint density at radius 3 is 2.87 bits per heavy atom. The van der Waals surface area contributed by atoms with Crippen molar-refractivity contribution in [2.24, 2.45) is 5.92 Å². The Bertz CT molecular complexity index is 551. The highest BCUT2D eigenvalue weighted by Gasteiger charge is 2.44. The number of carbonyl (C=O) groups excluding carboxylic acids is 1. The molecule has 1 atom stereocenters. The first kappa shape index (κ1) is 14.9. The van der Waals surface area contributed by atoms with Crippen molar-refractivity contribution in [2.75, 3.05) is 19.7 Å². The van der Waals surface area contributed by atoms with Gasteiger partial charge in [-0.15, -0.1) is 0 Å². The molecule has 3 heterocycles. The van der Waals surface area contributed by atoms with E-state index in [1.807, 2.05) is 23.1 Å². The number of hydrogen-bond donors (Lipinski definition) is 0. The maximum Gasteiger partial charge on any atom is 0.222 e. The van der Waals surface area contributed by atoms with Crippen molar-refractivity contribution < 1.29 is 14.3 Å². The van der Waals surface area contributed by atoms with Gasteiger partial charge in [0.05, 0.1) is 12.2 Å². The lowest BCUT2D eigenvalue weighted by Crippen LogP contribution is -2.46. The molecule has 1 spiro atoms. The number of piperidine rings is 1. The predicted molar refractivity (Wildman–Crippen MR) is 85.1 cm³/mol. The molecular formula is C18H24N2O3. The van der Waals surface area contributed by atoms with Crippen LogP contribution in [0.25, 0.3) is 0 Å². The molecule has 2 aliphatic heterocycles. The summed E-state index contributed by atoms with van der Waals surface area (Å²) in [5, 5.41) is 0. The molecular weight excluding hydrogens is 292 g/mol. The lowest BCUT2D eigenvalue weighted by Gasteiger charge is -2.38. The highest BCUT2D eigenvalue weighted by molar-refractivity contribution is 5.76. The van der Waals surface area contributed by atoms with Gasteiger partial charge in [-0.1, -0.05) is 6.07 Å². The first-order valence-corrected chi connectivity index (χ1v) is 8.72. The summed E-state index contributed by atoms with van der Waals surface area (Å²) in [5.41, 5.74) is -0.101. The Kier molecular flexibility index (Phi) is 3.97. The number of aromatic nitrogens is 1. The normalized spacial score (nSPS) is 26.4. The average Bonchev–Trinajstić information content (AvgIpc) is 3.31. The number of nitrogens with zero attached hydrogens (tertiary/aromatic N) is 2. The van der Waals surface area contributed by atoms with E-state index < -0.39 is 0 Å². The Labute approximate surface area is 137 Å². The third-order valence-electron chi connectivity index (χ3n) is 5.29. The van der Waals surface area contributed by atoms with Crippen LogP contribution in [0, 0.1) is 5.92 Å². The van der Waals surface area contributed by atoms with Crippen LogP contribution in [-0.4, -0.2) is 47.2 Å². The van der Waals surface area contributed by atoms with Crippen LogP contribution in [0.5, 0.6) is 5.88 Å². The fourth-order valence-electron chi connectivity index (χ4n) is 3.68. The Balaban J connectivity index is 1.28. The molecule has 1 aromatic heterocycles. The summed E-state index contributed by atoms with van der Waals surface area (Å²) in [6.45, 7) is 2.26. The van der Waals surface area contributed by atoms with Gasteiger partial charge in [-0.2, -0.15) is 0 Å². The van der Waals surface area contributed by atoms with Crippen LogP contribution in [0.1, 0.15) is 38.5 Å². The van der Waals surface area contributed by atoms with Crippen molar-refractivity contribution in [3.8, 4) is 5.88 Å². The van der Waals surface area contributed by atoms with Crippen LogP contribution >= 0.6 is 0 Å². The first-order chi connectivity index (χ1) is 11.2. The summed E-state index contributed by atoms with van der Waals surface area (Å²) in [6, 6.07) is 5.69. The highest BCUT2D eigenvalue weighted by Crippen LogP contribution is 2.38. The Morgan fingerprint density at radius 1 is 1.35 bits per heavy atom. The van der Waals surface area contributed by atoms with Gasteiger partial charge in [0.25, 0.3) is 0 Å². The molecule has 4 rings (SSSR count). The largest absolute Gasteiger partial charge is 0.472 e. The molecule has 0 N–H and O–H groups in total. The molecule has 0 radical (unpaired) electrons. The summed E-state index contributed by atoms with van der Waals surface area (Å²) in [6.07, 6.45) is 7.77. The van der Waals surface area contributed by atoms with E-state index in [9.17, 15) is 4.79 Å². The number of hydrogen-bond acceptors (Lipinski definition) is 4. The molecule has 1 aromatic rings. The van der Waals surface area contributed by atoms with Crippen molar-refractivity contribution in [1.82, 2.24) is 9.88 Å². The van der Waals surface area contributed by atoms with E-state index in [1.54, 1.807) is 6.20 Å².